The van der Waals surface area contributed by atoms with Crippen molar-refractivity contribution < 1.29 is 9.53 Å². The maximum absolute atomic E-state index is 13.1. The molecule has 0 bridgehead atoms. The Morgan fingerprint density at radius 1 is 0.973 bits per heavy atom. The van der Waals surface area contributed by atoms with Gasteiger partial charge in [-0.3, -0.25) is 9.69 Å². The summed E-state index contributed by atoms with van der Waals surface area (Å²) in [5, 5.41) is 3.81. The van der Waals surface area contributed by atoms with E-state index in [0.717, 1.165) is 64.9 Å². The number of hydrogen-bond acceptors (Lipinski definition) is 8. The third-order valence-corrected chi connectivity index (χ3v) is 7.15. The van der Waals surface area contributed by atoms with E-state index in [1.807, 2.05) is 60.8 Å². The predicted octanol–water partition coefficient (Wildman–Crippen LogP) is 4.90. The lowest BCUT2D eigenvalue weighted by molar-refractivity contribution is 0.0341. The van der Waals surface area contributed by atoms with Crippen molar-refractivity contribution in [2.75, 3.05) is 31.6 Å². The molecule has 0 radical (unpaired) electrons. The summed E-state index contributed by atoms with van der Waals surface area (Å²) in [5.74, 6) is 0.200. The number of carbonyl (C=O) groups is 1. The summed E-state index contributed by atoms with van der Waals surface area (Å²) in [6, 6.07) is 21.0. The van der Waals surface area contributed by atoms with Gasteiger partial charge in [0.15, 0.2) is 5.82 Å². The first-order chi connectivity index (χ1) is 18.2. The maximum atomic E-state index is 13.1. The molecule has 1 fully saturated rings. The minimum Gasteiger partial charge on any atom is -0.379 e. The SMILES string of the molecule is O=C(Nc1ccccc1-c1nc2cc(CN3CCOCC3)cnc2s1)c1ccnc(-c2ccccc2)n1. The molecule has 8 nitrogen and oxygen atoms in total. The van der Waals surface area contributed by atoms with E-state index < -0.39 is 0 Å². The van der Waals surface area contributed by atoms with E-state index in [4.69, 9.17) is 9.72 Å². The lowest BCUT2D eigenvalue weighted by Gasteiger charge is -2.26. The molecule has 4 heterocycles. The molecule has 1 saturated heterocycles. The number of thiazole rings is 1. The standard InChI is InChI=1S/C28H24N6O2S/c35-26(23-10-11-29-25(31-23)20-6-2-1-3-7-20)32-22-9-5-4-8-21(22)27-33-24-16-19(17-30-28(24)37-27)18-34-12-14-36-15-13-34/h1-11,16-17H,12-15,18H2,(H,32,35). The van der Waals surface area contributed by atoms with Crippen LogP contribution in [0.1, 0.15) is 16.1 Å². The van der Waals surface area contributed by atoms with E-state index in [2.05, 4.69) is 31.2 Å². The summed E-state index contributed by atoms with van der Waals surface area (Å²) in [5.41, 5.74) is 4.64. The Labute approximate surface area is 218 Å². The lowest BCUT2D eigenvalue weighted by Crippen LogP contribution is -2.35. The van der Waals surface area contributed by atoms with E-state index in [0.29, 0.717) is 17.2 Å². The number of anilines is 1. The van der Waals surface area contributed by atoms with Crippen molar-refractivity contribution >= 4 is 33.3 Å². The number of ether oxygens (including phenoxy) is 1. The van der Waals surface area contributed by atoms with Gasteiger partial charge >= 0.3 is 0 Å². The molecule has 9 heteroatoms. The van der Waals surface area contributed by atoms with Crippen LogP contribution in [-0.2, 0) is 11.3 Å². The number of hydrogen-bond donors (Lipinski definition) is 1. The number of para-hydroxylation sites is 1. The first kappa shape index (κ1) is 23.4. The molecule has 37 heavy (non-hydrogen) atoms. The number of rotatable bonds is 6. The van der Waals surface area contributed by atoms with Crippen LogP contribution in [-0.4, -0.2) is 57.0 Å². The largest absolute Gasteiger partial charge is 0.379 e. The van der Waals surface area contributed by atoms with Gasteiger partial charge in [0.25, 0.3) is 5.91 Å². The van der Waals surface area contributed by atoms with Gasteiger partial charge in [-0.25, -0.2) is 19.9 Å². The first-order valence-corrected chi connectivity index (χ1v) is 12.9. The van der Waals surface area contributed by atoms with Crippen LogP contribution in [0, 0.1) is 0 Å². The number of fused-ring (bicyclic) bond motifs is 1. The molecule has 0 unspecified atom stereocenters. The van der Waals surface area contributed by atoms with Gasteiger partial charge in [0, 0.05) is 43.2 Å². The van der Waals surface area contributed by atoms with E-state index in [1.54, 1.807) is 12.3 Å². The Morgan fingerprint density at radius 3 is 2.65 bits per heavy atom. The van der Waals surface area contributed by atoms with Crippen molar-refractivity contribution in [3.05, 3.63) is 90.4 Å². The van der Waals surface area contributed by atoms with Crippen molar-refractivity contribution in [2.24, 2.45) is 0 Å². The fourth-order valence-corrected chi connectivity index (χ4v) is 5.19. The van der Waals surface area contributed by atoms with Crippen LogP contribution in [0.2, 0.25) is 0 Å². The molecule has 0 aliphatic carbocycles. The van der Waals surface area contributed by atoms with Gasteiger partial charge in [-0.05, 0) is 29.8 Å². The number of carbonyl (C=O) groups excluding carboxylic acids is 1. The van der Waals surface area contributed by atoms with Gasteiger partial charge in [-0.15, -0.1) is 0 Å². The van der Waals surface area contributed by atoms with Crippen LogP contribution in [0.25, 0.3) is 32.3 Å². The van der Waals surface area contributed by atoms with Crippen molar-refractivity contribution in [1.82, 2.24) is 24.8 Å². The third kappa shape index (κ3) is 5.24. The number of amides is 1. The molecule has 1 aliphatic heterocycles. The number of morpholine rings is 1. The summed E-state index contributed by atoms with van der Waals surface area (Å²) in [4.78, 5) is 34.7. The highest BCUT2D eigenvalue weighted by Gasteiger charge is 2.17. The Morgan fingerprint density at radius 2 is 1.78 bits per heavy atom. The second kappa shape index (κ2) is 10.5. The molecule has 0 saturated carbocycles. The highest BCUT2D eigenvalue weighted by atomic mass is 32.1. The number of aromatic nitrogens is 4. The molecule has 1 N–H and O–H groups in total. The van der Waals surface area contributed by atoms with Gasteiger partial charge in [0.05, 0.1) is 18.9 Å². The number of pyridine rings is 1. The molecule has 184 valence electrons. The molecular formula is C28H24N6O2S. The monoisotopic (exact) mass is 508 g/mol. The minimum atomic E-state index is -0.306. The van der Waals surface area contributed by atoms with Crippen LogP contribution >= 0.6 is 11.3 Å². The average Bonchev–Trinajstić information content (AvgIpc) is 3.38. The summed E-state index contributed by atoms with van der Waals surface area (Å²) >= 11 is 1.51. The zero-order valence-corrected chi connectivity index (χ0v) is 20.8. The van der Waals surface area contributed by atoms with E-state index in [-0.39, 0.29) is 5.91 Å². The first-order valence-electron chi connectivity index (χ1n) is 12.1. The molecule has 0 atom stereocenters. The van der Waals surface area contributed by atoms with Crippen LogP contribution in [0.5, 0.6) is 0 Å². The summed E-state index contributed by atoms with van der Waals surface area (Å²) in [7, 11) is 0. The normalized spacial score (nSPS) is 14.1. The Bertz CT molecular complexity index is 1550. The highest BCUT2D eigenvalue weighted by Crippen LogP contribution is 2.34. The summed E-state index contributed by atoms with van der Waals surface area (Å²) in [6.07, 6.45) is 3.52. The Balaban J connectivity index is 1.24. The topological polar surface area (TPSA) is 93.1 Å². The minimum absolute atomic E-state index is 0.294. The molecule has 1 aliphatic rings. The number of benzene rings is 2. The van der Waals surface area contributed by atoms with Gasteiger partial charge in [0.2, 0.25) is 0 Å². The second-order valence-electron chi connectivity index (χ2n) is 8.71. The molecular weight excluding hydrogens is 484 g/mol. The van der Waals surface area contributed by atoms with Gasteiger partial charge in [0.1, 0.15) is 21.0 Å². The molecule has 0 spiro atoms. The third-order valence-electron chi connectivity index (χ3n) is 6.14. The fraction of sp³-hybridized carbons (Fsp3) is 0.179. The number of nitrogens with one attached hydrogen (secondary N) is 1. The predicted molar refractivity (Wildman–Crippen MR) is 144 cm³/mol. The van der Waals surface area contributed by atoms with Gasteiger partial charge in [-0.1, -0.05) is 53.8 Å². The van der Waals surface area contributed by atoms with Crippen molar-refractivity contribution in [1.29, 1.82) is 0 Å². The van der Waals surface area contributed by atoms with Crippen LogP contribution in [0.3, 0.4) is 0 Å². The van der Waals surface area contributed by atoms with E-state index in [9.17, 15) is 4.79 Å². The molecule has 5 aromatic rings. The average molecular weight is 509 g/mol. The van der Waals surface area contributed by atoms with Crippen LogP contribution in [0.4, 0.5) is 5.69 Å². The number of nitrogens with zero attached hydrogens (tertiary/aromatic N) is 5. The van der Waals surface area contributed by atoms with Crippen LogP contribution < -0.4 is 5.32 Å². The smallest absolute Gasteiger partial charge is 0.274 e. The van der Waals surface area contributed by atoms with Crippen molar-refractivity contribution in [2.45, 2.75) is 6.54 Å². The molecule has 6 rings (SSSR count). The van der Waals surface area contributed by atoms with Crippen molar-refractivity contribution in [3.63, 3.8) is 0 Å². The second-order valence-corrected chi connectivity index (χ2v) is 9.68. The zero-order valence-electron chi connectivity index (χ0n) is 20.0. The molecule has 1 amide bonds. The van der Waals surface area contributed by atoms with E-state index in [1.165, 1.54) is 11.3 Å². The molecule has 3 aromatic heterocycles. The maximum Gasteiger partial charge on any atom is 0.274 e. The van der Waals surface area contributed by atoms with Gasteiger partial charge in [-0.2, -0.15) is 0 Å². The quantitative estimate of drug-likeness (QED) is 0.349. The van der Waals surface area contributed by atoms with Gasteiger partial charge < -0.3 is 10.1 Å². The summed E-state index contributed by atoms with van der Waals surface area (Å²) < 4.78 is 5.45. The highest BCUT2D eigenvalue weighted by molar-refractivity contribution is 7.21. The summed E-state index contributed by atoms with van der Waals surface area (Å²) in [6.45, 7) is 4.21. The van der Waals surface area contributed by atoms with E-state index >= 15 is 0 Å². The molecule has 2 aromatic carbocycles. The van der Waals surface area contributed by atoms with Crippen LogP contribution in [0.15, 0.2) is 79.1 Å². The Hall–Kier alpha value is -4.05. The lowest BCUT2D eigenvalue weighted by atomic mass is 10.1. The Kier molecular flexibility index (Phi) is 6.64. The van der Waals surface area contributed by atoms with Crippen molar-refractivity contribution in [3.8, 4) is 22.0 Å². The fourth-order valence-electron chi connectivity index (χ4n) is 4.26. The zero-order chi connectivity index (χ0) is 25.0.